The number of hydrogen-bond donors (Lipinski definition) is 3. The van der Waals surface area contributed by atoms with Crippen molar-refractivity contribution in [3.8, 4) is 0 Å². The maximum Gasteiger partial charge on any atom is 0.148 e. The first-order valence-corrected chi connectivity index (χ1v) is 5.95. The monoisotopic (exact) mass is 253 g/mol. The summed E-state index contributed by atoms with van der Waals surface area (Å²) in [5, 5.41) is 9.23. The molecule has 0 bridgehead atoms. The van der Waals surface area contributed by atoms with Gasteiger partial charge in [-0.15, -0.1) is 0 Å². The van der Waals surface area contributed by atoms with Crippen LogP contribution in [0.3, 0.4) is 0 Å². The highest BCUT2D eigenvalue weighted by atomic mass is 16.5. The average molecular weight is 253 g/mol. The average Bonchev–Trinajstić information content (AvgIpc) is 2.38. The Hall–Kier alpha value is -1.44. The van der Waals surface area contributed by atoms with Crippen LogP contribution in [0.25, 0.3) is 0 Å². The minimum atomic E-state index is -0.183. The number of morpholine rings is 1. The lowest BCUT2D eigenvalue weighted by Gasteiger charge is -2.37. The molecule has 1 aromatic rings. The molecule has 4 N–H and O–H groups in total. The molecule has 1 aliphatic rings. The van der Waals surface area contributed by atoms with Crippen LogP contribution in [0.15, 0.2) is 6.33 Å². The highest BCUT2D eigenvalue weighted by Gasteiger charge is 2.27. The Kier molecular flexibility index (Phi) is 3.95. The van der Waals surface area contributed by atoms with Crippen molar-refractivity contribution in [2.75, 3.05) is 30.0 Å². The molecular formula is C11H19N5O2. The first kappa shape index (κ1) is 13.0. The fraction of sp³-hybridized carbons (Fsp3) is 0.636. The van der Waals surface area contributed by atoms with Crippen LogP contribution in [-0.4, -0.2) is 47.0 Å². The molecule has 7 nitrogen and oxygen atoms in total. The summed E-state index contributed by atoms with van der Waals surface area (Å²) in [6.45, 7) is 5.25. The molecule has 0 aliphatic carbocycles. The molecular weight excluding hydrogens is 234 g/mol. The fourth-order valence-corrected chi connectivity index (χ4v) is 2.22. The minimum absolute atomic E-state index is 0.00691. The van der Waals surface area contributed by atoms with E-state index >= 15 is 0 Å². The van der Waals surface area contributed by atoms with E-state index < -0.39 is 0 Å². The van der Waals surface area contributed by atoms with Crippen molar-refractivity contribution in [1.29, 1.82) is 0 Å². The zero-order chi connectivity index (χ0) is 13.1. The topological polar surface area (TPSA) is 96.5 Å². The van der Waals surface area contributed by atoms with E-state index in [1.54, 1.807) is 0 Å². The first-order valence-electron chi connectivity index (χ1n) is 5.95. The lowest BCUT2D eigenvalue weighted by atomic mass is 10.2. The number of nitrogens with one attached hydrogen (secondary N) is 1. The Bertz CT molecular complexity index is 414. The van der Waals surface area contributed by atoms with Gasteiger partial charge in [0.1, 0.15) is 18.0 Å². The van der Waals surface area contributed by atoms with Crippen LogP contribution in [0, 0.1) is 6.92 Å². The lowest BCUT2D eigenvalue weighted by Crippen LogP contribution is -2.48. The summed E-state index contributed by atoms with van der Waals surface area (Å²) in [5.41, 5.74) is 3.45. The van der Waals surface area contributed by atoms with Crippen LogP contribution in [0.2, 0.25) is 0 Å². The number of aromatic nitrogens is 2. The van der Waals surface area contributed by atoms with Crippen molar-refractivity contribution < 1.29 is 9.84 Å². The Labute approximate surface area is 106 Å². The van der Waals surface area contributed by atoms with Gasteiger partial charge in [-0.1, -0.05) is 0 Å². The van der Waals surface area contributed by atoms with Crippen LogP contribution in [0.1, 0.15) is 12.5 Å². The molecule has 0 saturated carbocycles. The normalized spacial score (nSPS) is 24.1. The number of ether oxygens (including phenoxy) is 1. The van der Waals surface area contributed by atoms with Gasteiger partial charge in [-0.3, -0.25) is 0 Å². The fourth-order valence-electron chi connectivity index (χ4n) is 2.22. The van der Waals surface area contributed by atoms with Gasteiger partial charge < -0.3 is 20.2 Å². The van der Waals surface area contributed by atoms with E-state index in [9.17, 15) is 5.11 Å². The molecule has 1 fully saturated rings. The predicted molar refractivity (Wildman–Crippen MR) is 68.2 cm³/mol. The van der Waals surface area contributed by atoms with Gasteiger partial charge in [0.15, 0.2) is 0 Å². The van der Waals surface area contributed by atoms with E-state index in [-0.39, 0.29) is 18.8 Å². The standard InChI is InChI=1S/C11H19N5O2/c1-7-3-16(4-9(5-17)18-7)11-8(2)10(15-12)13-6-14-11/h6-7,9,17H,3-5,12H2,1-2H3,(H,13,14,15). The van der Waals surface area contributed by atoms with Gasteiger partial charge >= 0.3 is 0 Å². The Balaban J connectivity index is 2.25. The molecule has 0 aromatic carbocycles. The molecule has 2 unspecified atom stereocenters. The van der Waals surface area contributed by atoms with Gasteiger partial charge in [0.25, 0.3) is 0 Å². The number of nitrogens with zero attached hydrogens (tertiary/aromatic N) is 3. The quantitative estimate of drug-likeness (QED) is 0.500. The molecule has 0 amide bonds. The molecule has 18 heavy (non-hydrogen) atoms. The number of hydrazine groups is 1. The second-order valence-corrected chi connectivity index (χ2v) is 4.47. The summed E-state index contributed by atoms with van der Waals surface area (Å²) >= 11 is 0. The van der Waals surface area contributed by atoms with Crippen LogP contribution in [-0.2, 0) is 4.74 Å². The smallest absolute Gasteiger partial charge is 0.148 e. The number of aliphatic hydroxyl groups excluding tert-OH is 1. The third-order valence-electron chi connectivity index (χ3n) is 3.02. The van der Waals surface area contributed by atoms with Gasteiger partial charge in [-0.25, -0.2) is 15.8 Å². The summed E-state index contributed by atoms with van der Waals surface area (Å²) < 4.78 is 5.61. The maximum absolute atomic E-state index is 9.23. The summed E-state index contributed by atoms with van der Waals surface area (Å²) in [5.74, 6) is 6.84. The Morgan fingerprint density at radius 1 is 1.56 bits per heavy atom. The molecule has 1 aliphatic heterocycles. The van der Waals surface area contributed by atoms with Crippen molar-refractivity contribution in [2.24, 2.45) is 5.84 Å². The number of hydrogen-bond acceptors (Lipinski definition) is 7. The van der Waals surface area contributed by atoms with E-state index in [1.807, 2.05) is 13.8 Å². The number of aliphatic hydroxyl groups is 1. The number of anilines is 2. The first-order chi connectivity index (χ1) is 8.65. The van der Waals surface area contributed by atoms with Crippen molar-refractivity contribution >= 4 is 11.6 Å². The van der Waals surface area contributed by atoms with E-state index in [2.05, 4.69) is 20.3 Å². The van der Waals surface area contributed by atoms with Gasteiger partial charge in [0, 0.05) is 18.7 Å². The predicted octanol–water partition coefficient (Wildman–Crippen LogP) is -0.343. The van der Waals surface area contributed by atoms with Crippen molar-refractivity contribution in [3.05, 3.63) is 11.9 Å². The Morgan fingerprint density at radius 2 is 2.33 bits per heavy atom. The van der Waals surface area contributed by atoms with Crippen LogP contribution in [0.4, 0.5) is 11.6 Å². The number of rotatable bonds is 3. The second-order valence-electron chi connectivity index (χ2n) is 4.47. The minimum Gasteiger partial charge on any atom is -0.394 e. The summed E-state index contributed by atoms with van der Waals surface area (Å²) in [6.07, 6.45) is 1.35. The molecule has 0 radical (unpaired) electrons. The van der Waals surface area contributed by atoms with Crippen LogP contribution >= 0.6 is 0 Å². The van der Waals surface area contributed by atoms with E-state index in [1.165, 1.54) is 6.33 Å². The Morgan fingerprint density at radius 3 is 3.00 bits per heavy atom. The zero-order valence-electron chi connectivity index (χ0n) is 10.6. The van der Waals surface area contributed by atoms with Crippen molar-refractivity contribution in [3.63, 3.8) is 0 Å². The van der Waals surface area contributed by atoms with E-state index in [0.717, 1.165) is 17.9 Å². The molecule has 1 aromatic heterocycles. The molecule has 2 atom stereocenters. The van der Waals surface area contributed by atoms with E-state index in [0.29, 0.717) is 12.4 Å². The summed E-state index contributed by atoms with van der Waals surface area (Å²) in [7, 11) is 0. The highest BCUT2D eigenvalue weighted by Crippen LogP contribution is 2.24. The van der Waals surface area contributed by atoms with Gasteiger partial charge in [0.05, 0.1) is 18.8 Å². The summed E-state index contributed by atoms with van der Waals surface area (Å²) in [6, 6.07) is 0. The molecule has 100 valence electrons. The maximum atomic E-state index is 9.23. The van der Waals surface area contributed by atoms with Gasteiger partial charge in [-0.2, -0.15) is 0 Å². The summed E-state index contributed by atoms with van der Waals surface area (Å²) in [4.78, 5) is 10.4. The molecule has 1 saturated heterocycles. The molecule has 0 spiro atoms. The van der Waals surface area contributed by atoms with Crippen LogP contribution < -0.4 is 16.2 Å². The van der Waals surface area contributed by atoms with Crippen LogP contribution in [0.5, 0.6) is 0 Å². The highest BCUT2D eigenvalue weighted by molar-refractivity contribution is 5.57. The van der Waals surface area contributed by atoms with E-state index in [4.69, 9.17) is 10.6 Å². The van der Waals surface area contributed by atoms with Crippen molar-refractivity contribution in [1.82, 2.24) is 9.97 Å². The second kappa shape index (κ2) is 5.47. The number of nitrogens with two attached hydrogens (primary N) is 1. The number of nitrogen functional groups attached to an aromatic ring is 1. The lowest BCUT2D eigenvalue weighted by molar-refractivity contribution is -0.0423. The molecule has 7 heteroatoms. The third kappa shape index (κ3) is 2.53. The largest absolute Gasteiger partial charge is 0.394 e. The molecule has 2 heterocycles. The SMILES string of the molecule is Cc1c(NN)ncnc1N1CC(C)OC(CO)C1. The van der Waals surface area contributed by atoms with Crippen molar-refractivity contribution in [2.45, 2.75) is 26.1 Å². The van der Waals surface area contributed by atoms with Gasteiger partial charge in [-0.05, 0) is 13.8 Å². The third-order valence-corrected chi connectivity index (χ3v) is 3.02. The zero-order valence-corrected chi connectivity index (χ0v) is 10.6. The molecule has 2 rings (SSSR count). The van der Waals surface area contributed by atoms with Gasteiger partial charge in [0.2, 0.25) is 0 Å².